The summed E-state index contributed by atoms with van der Waals surface area (Å²) in [7, 11) is 0. The van der Waals surface area contributed by atoms with Gasteiger partial charge in [0.1, 0.15) is 16.5 Å². The van der Waals surface area contributed by atoms with Gasteiger partial charge in [-0.05, 0) is 59.9 Å². The Kier molecular flexibility index (Phi) is 10.7. The maximum atomic E-state index is 12.7. The van der Waals surface area contributed by atoms with Crippen molar-refractivity contribution in [1.29, 1.82) is 0 Å². The summed E-state index contributed by atoms with van der Waals surface area (Å²) in [5.74, 6) is -1.22. The minimum Gasteiger partial charge on any atom is -0.423 e. The van der Waals surface area contributed by atoms with Gasteiger partial charge >= 0.3 is 11.9 Å². The Balaban J connectivity index is 1.34. The molecular weight excluding hydrogens is 577 g/mol. The number of nitro groups is 1. The lowest BCUT2D eigenvalue weighted by Gasteiger charge is -2.09. The summed E-state index contributed by atoms with van der Waals surface area (Å²) in [6, 6.07) is 23.3. The van der Waals surface area contributed by atoms with E-state index in [9.17, 15) is 19.7 Å². The molecule has 4 rings (SSSR count). The van der Waals surface area contributed by atoms with Crippen molar-refractivity contribution in [3.63, 3.8) is 0 Å². The fraction of sp³-hybridized carbons (Fsp3) is 0.212. The zero-order valence-corrected chi connectivity index (χ0v) is 24.5. The Bertz CT molecular complexity index is 1570. The normalized spacial score (nSPS) is 10.7. The molecule has 0 unspecified atom stereocenters. The number of esters is 2. The molecule has 0 spiro atoms. The van der Waals surface area contributed by atoms with Gasteiger partial charge in [0.25, 0.3) is 5.69 Å². The predicted octanol–water partition coefficient (Wildman–Crippen LogP) is 9.52. The summed E-state index contributed by atoms with van der Waals surface area (Å²) in [6.07, 6.45) is 7.37. The molecule has 7 nitrogen and oxygen atoms in total. The van der Waals surface area contributed by atoms with Gasteiger partial charge in [-0.25, -0.2) is 9.59 Å². The van der Waals surface area contributed by atoms with Crippen LogP contribution in [-0.4, -0.2) is 16.9 Å². The van der Waals surface area contributed by atoms with Crippen molar-refractivity contribution in [2.75, 3.05) is 0 Å². The van der Waals surface area contributed by atoms with Crippen molar-refractivity contribution < 1.29 is 24.0 Å². The second-order valence-electron chi connectivity index (χ2n) is 9.73. The van der Waals surface area contributed by atoms with Crippen molar-refractivity contribution in [3.05, 3.63) is 122 Å². The Labute approximate surface area is 254 Å². The quantitative estimate of drug-likeness (QED) is 0.0524. The molecule has 9 heteroatoms. The highest BCUT2D eigenvalue weighted by atomic mass is 35.5. The van der Waals surface area contributed by atoms with Crippen molar-refractivity contribution in [3.8, 4) is 22.6 Å². The molecule has 4 aromatic carbocycles. The largest absolute Gasteiger partial charge is 0.423 e. The van der Waals surface area contributed by atoms with Crippen LogP contribution in [0.2, 0.25) is 10.0 Å². The molecule has 0 aliphatic carbocycles. The van der Waals surface area contributed by atoms with Crippen molar-refractivity contribution in [1.82, 2.24) is 0 Å². The molecule has 0 atom stereocenters. The smallest absolute Gasteiger partial charge is 0.345 e. The zero-order chi connectivity index (χ0) is 30.1. The number of aryl methyl sites for hydroxylation is 1. The lowest BCUT2D eigenvalue weighted by molar-refractivity contribution is -0.384. The number of nitro benzene ring substituents is 1. The number of carbonyl (C=O) groups is 2. The van der Waals surface area contributed by atoms with E-state index >= 15 is 0 Å². The number of rotatable bonds is 12. The summed E-state index contributed by atoms with van der Waals surface area (Å²) < 4.78 is 10.7. The summed E-state index contributed by atoms with van der Waals surface area (Å²) in [5.41, 5.74) is 3.43. The van der Waals surface area contributed by atoms with Crippen LogP contribution in [0.4, 0.5) is 5.69 Å². The molecule has 42 heavy (non-hydrogen) atoms. The first-order valence-electron chi connectivity index (χ1n) is 13.6. The summed E-state index contributed by atoms with van der Waals surface area (Å²) in [6.45, 7) is 2.22. The second kappa shape index (κ2) is 14.6. The average Bonchev–Trinajstić information content (AvgIpc) is 2.97. The molecule has 0 amide bonds. The van der Waals surface area contributed by atoms with Gasteiger partial charge in [0.2, 0.25) is 0 Å². The van der Waals surface area contributed by atoms with Crippen LogP contribution in [-0.2, 0) is 6.42 Å². The number of ether oxygens (including phenoxy) is 2. The van der Waals surface area contributed by atoms with Crippen LogP contribution in [0, 0.1) is 10.1 Å². The number of hydrogen-bond acceptors (Lipinski definition) is 6. The van der Waals surface area contributed by atoms with E-state index in [1.165, 1.54) is 68.0 Å². The van der Waals surface area contributed by atoms with Crippen LogP contribution in [0.1, 0.15) is 65.3 Å². The fourth-order valence-electron chi connectivity index (χ4n) is 4.35. The lowest BCUT2D eigenvalue weighted by atomic mass is 10.00. The van der Waals surface area contributed by atoms with Crippen LogP contribution in [0.15, 0.2) is 84.9 Å². The topological polar surface area (TPSA) is 95.7 Å². The number of unbranched alkanes of at least 4 members (excludes halogenated alkanes) is 4. The minimum absolute atomic E-state index is 0.00179. The van der Waals surface area contributed by atoms with Gasteiger partial charge < -0.3 is 9.47 Å². The molecule has 4 aromatic rings. The number of nitrogens with zero attached hydrogens (tertiary/aromatic N) is 1. The van der Waals surface area contributed by atoms with Crippen molar-refractivity contribution in [2.24, 2.45) is 0 Å². The van der Waals surface area contributed by atoms with E-state index in [0.29, 0.717) is 5.56 Å². The van der Waals surface area contributed by atoms with Crippen LogP contribution < -0.4 is 9.47 Å². The van der Waals surface area contributed by atoms with Crippen LogP contribution in [0.5, 0.6) is 11.5 Å². The molecule has 0 aliphatic rings. The minimum atomic E-state index is -0.807. The van der Waals surface area contributed by atoms with E-state index in [4.69, 9.17) is 32.7 Å². The summed E-state index contributed by atoms with van der Waals surface area (Å²) in [4.78, 5) is 35.6. The van der Waals surface area contributed by atoms with Crippen molar-refractivity contribution >= 4 is 40.8 Å². The maximum absolute atomic E-state index is 12.7. The van der Waals surface area contributed by atoms with E-state index in [0.717, 1.165) is 23.6 Å². The highest BCUT2D eigenvalue weighted by Gasteiger charge is 2.18. The molecular formula is C33H29Cl2NO6. The average molecular weight is 607 g/mol. The molecule has 0 fully saturated rings. The van der Waals surface area contributed by atoms with Gasteiger partial charge in [-0.1, -0.05) is 92.2 Å². The van der Waals surface area contributed by atoms with Gasteiger partial charge in [0.15, 0.2) is 0 Å². The lowest BCUT2D eigenvalue weighted by Crippen LogP contribution is -2.11. The third-order valence-electron chi connectivity index (χ3n) is 6.67. The van der Waals surface area contributed by atoms with Gasteiger partial charge in [-0.3, -0.25) is 10.1 Å². The molecule has 216 valence electrons. The number of hydrogen-bond donors (Lipinski definition) is 0. The fourth-order valence-corrected chi connectivity index (χ4v) is 4.83. The monoisotopic (exact) mass is 605 g/mol. The molecule has 0 aliphatic heterocycles. The Morgan fingerprint density at radius 2 is 1.29 bits per heavy atom. The summed E-state index contributed by atoms with van der Waals surface area (Å²) >= 11 is 12.1. The zero-order valence-electron chi connectivity index (χ0n) is 23.0. The number of carbonyl (C=O) groups excluding carboxylic acids is 2. The number of benzene rings is 4. The Morgan fingerprint density at radius 3 is 1.88 bits per heavy atom. The van der Waals surface area contributed by atoms with Gasteiger partial charge in [0.05, 0.1) is 21.1 Å². The molecule has 0 bridgehead atoms. The maximum Gasteiger partial charge on any atom is 0.345 e. The number of halogens is 2. The van der Waals surface area contributed by atoms with E-state index in [2.05, 4.69) is 31.2 Å². The molecule has 0 saturated heterocycles. The SMILES string of the molecule is CCCCCCCc1ccc(-c2ccc(C(=O)Oc3ccc(C(=O)Oc4ccc([N+](=O)[O-])c(Cl)c4)c(Cl)c3)cc2)cc1. The van der Waals surface area contributed by atoms with Crippen LogP contribution in [0.25, 0.3) is 11.1 Å². The first-order chi connectivity index (χ1) is 20.2. The first kappa shape index (κ1) is 30.8. The van der Waals surface area contributed by atoms with E-state index in [1.807, 2.05) is 12.1 Å². The molecule has 0 heterocycles. The second-order valence-corrected chi connectivity index (χ2v) is 10.5. The Morgan fingerprint density at radius 1 is 0.714 bits per heavy atom. The predicted molar refractivity (Wildman–Crippen MR) is 164 cm³/mol. The van der Waals surface area contributed by atoms with Crippen LogP contribution in [0.3, 0.4) is 0 Å². The van der Waals surface area contributed by atoms with E-state index in [-0.39, 0.29) is 32.8 Å². The molecule has 0 aromatic heterocycles. The van der Waals surface area contributed by atoms with Gasteiger partial charge in [0, 0.05) is 18.2 Å². The van der Waals surface area contributed by atoms with Crippen molar-refractivity contribution in [2.45, 2.75) is 45.4 Å². The summed E-state index contributed by atoms with van der Waals surface area (Å²) in [5, 5.41) is 10.7. The third-order valence-corrected chi connectivity index (χ3v) is 7.29. The van der Waals surface area contributed by atoms with Gasteiger partial charge in [-0.2, -0.15) is 0 Å². The highest BCUT2D eigenvalue weighted by Crippen LogP contribution is 2.30. The van der Waals surface area contributed by atoms with E-state index < -0.39 is 16.9 Å². The Hall–Kier alpha value is -4.20. The van der Waals surface area contributed by atoms with Gasteiger partial charge in [-0.15, -0.1) is 0 Å². The third kappa shape index (κ3) is 8.18. The first-order valence-corrected chi connectivity index (χ1v) is 14.4. The standard InChI is InChI=1S/C33H29Cl2NO6/c1-2-3-4-5-6-7-22-8-10-23(11-9-22)24-12-14-25(15-13-24)32(37)41-26-16-18-28(29(34)20-26)33(38)42-27-17-19-31(36(39)40)30(35)21-27/h8-21H,2-7H2,1H3. The molecule has 0 radical (unpaired) electrons. The molecule has 0 saturated carbocycles. The molecule has 0 N–H and O–H groups in total. The van der Waals surface area contributed by atoms with Crippen LogP contribution >= 0.6 is 23.2 Å². The highest BCUT2D eigenvalue weighted by molar-refractivity contribution is 6.34. The van der Waals surface area contributed by atoms with E-state index in [1.54, 1.807) is 12.1 Å².